The van der Waals surface area contributed by atoms with Crippen molar-refractivity contribution < 1.29 is 9.53 Å². The van der Waals surface area contributed by atoms with Gasteiger partial charge in [0, 0.05) is 20.3 Å². The molecular weight excluding hydrogens is 230 g/mol. The molecule has 0 aromatic carbocycles. The van der Waals surface area contributed by atoms with Crippen molar-refractivity contribution in [2.45, 2.75) is 31.7 Å². The Morgan fingerprint density at radius 2 is 2.11 bits per heavy atom. The van der Waals surface area contributed by atoms with Gasteiger partial charge in [0.25, 0.3) is 0 Å². The normalized spacial score (nSPS) is 21.7. The van der Waals surface area contributed by atoms with Crippen LogP contribution in [0.15, 0.2) is 0 Å². The molecule has 0 saturated carbocycles. The Kier molecular flexibility index (Phi) is 6.05. The standard InChI is InChI=1S/C13H27N3O2/c1-13(15-2,12(14)17)6-9-16-7-4-11(5-8-16)10-18-3/h11,15H,4-10H2,1-3H3,(H2,14,17). The molecule has 1 aliphatic rings. The van der Waals surface area contributed by atoms with Crippen molar-refractivity contribution in [1.29, 1.82) is 0 Å². The molecule has 1 aliphatic heterocycles. The van der Waals surface area contributed by atoms with Crippen LogP contribution in [-0.2, 0) is 9.53 Å². The monoisotopic (exact) mass is 257 g/mol. The highest BCUT2D eigenvalue weighted by atomic mass is 16.5. The molecule has 1 atom stereocenters. The number of ether oxygens (including phenoxy) is 1. The smallest absolute Gasteiger partial charge is 0.237 e. The van der Waals surface area contributed by atoms with Crippen LogP contribution in [0.5, 0.6) is 0 Å². The van der Waals surface area contributed by atoms with E-state index in [0.717, 1.165) is 32.7 Å². The minimum atomic E-state index is -0.594. The lowest BCUT2D eigenvalue weighted by atomic mass is 9.94. The molecule has 0 spiro atoms. The SMILES string of the molecule is CNC(C)(CCN1CCC(COC)CC1)C(N)=O. The van der Waals surface area contributed by atoms with Crippen LogP contribution >= 0.6 is 0 Å². The van der Waals surface area contributed by atoms with Crippen molar-refractivity contribution in [3.63, 3.8) is 0 Å². The summed E-state index contributed by atoms with van der Waals surface area (Å²) in [4.78, 5) is 13.8. The van der Waals surface area contributed by atoms with E-state index >= 15 is 0 Å². The number of hydrogen-bond acceptors (Lipinski definition) is 4. The van der Waals surface area contributed by atoms with Crippen LogP contribution in [-0.4, -0.2) is 56.7 Å². The molecule has 1 heterocycles. The van der Waals surface area contributed by atoms with Crippen molar-refractivity contribution in [1.82, 2.24) is 10.2 Å². The molecule has 0 aliphatic carbocycles. The summed E-state index contributed by atoms with van der Waals surface area (Å²) in [7, 11) is 3.55. The van der Waals surface area contributed by atoms with E-state index in [1.807, 2.05) is 6.92 Å². The highest BCUT2D eigenvalue weighted by molar-refractivity contribution is 5.84. The number of nitrogens with two attached hydrogens (primary N) is 1. The number of amides is 1. The van der Waals surface area contributed by atoms with Crippen LogP contribution in [0.1, 0.15) is 26.2 Å². The second-order valence-electron chi connectivity index (χ2n) is 5.44. The summed E-state index contributed by atoms with van der Waals surface area (Å²) in [5.41, 5.74) is 4.83. The van der Waals surface area contributed by atoms with Gasteiger partial charge in [0.05, 0.1) is 5.54 Å². The lowest BCUT2D eigenvalue weighted by Crippen LogP contribution is -2.53. The number of nitrogens with one attached hydrogen (secondary N) is 1. The number of likely N-dealkylation sites (tertiary alicyclic amines) is 1. The molecule has 1 rings (SSSR count). The van der Waals surface area contributed by atoms with Gasteiger partial charge in [-0.3, -0.25) is 4.79 Å². The fourth-order valence-electron chi connectivity index (χ4n) is 2.37. The van der Waals surface area contributed by atoms with E-state index in [1.165, 1.54) is 12.8 Å². The molecule has 0 radical (unpaired) electrons. The highest BCUT2D eigenvalue weighted by Gasteiger charge is 2.30. The highest BCUT2D eigenvalue weighted by Crippen LogP contribution is 2.19. The van der Waals surface area contributed by atoms with E-state index < -0.39 is 5.54 Å². The molecule has 0 aromatic heterocycles. The molecule has 18 heavy (non-hydrogen) atoms. The molecule has 1 saturated heterocycles. The number of primary amides is 1. The molecule has 3 N–H and O–H groups in total. The first-order valence-electron chi connectivity index (χ1n) is 6.72. The van der Waals surface area contributed by atoms with Crippen molar-refractivity contribution in [2.75, 3.05) is 40.4 Å². The second kappa shape index (κ2) is 7.07. The van der Waals surface area contributed by atoms with Crippen LogP contribution in [0.25, 0.3) is 0 Å². The van der Waals surface area contributed by atoms with Gasteiger partial charge in [-0.15, -0.1) is 0 Å². The Labute approximate surface area is 110 Å². The van der Waals surface area contributed by atoms with Gasteiger partial charge in [-0.25, -0.2) is 0 Å². The number of methoxy groups -OCH3 is 1. The molecule has 5 nitrogen and oxygen atoms in total. The van der Waals surface area contributed by atoms with Crippen molar-refractivity contribution >= 4 is 5.91 Å². The van der Waals surface area contributed by atoms with Crippen LogP contribution in [0.2, 0.25) is 0 Å². The number of likely N-dealkylation sites (N-methyl/N-ethyl adjacent to an activating group) is 1. The van der Waals surface area contributed by atoms with Crippen LogP contribution < -0.4 is 11.1 Å². The van der Waals surface area contributed by atoms with Gasteiger partial charge in [-0.05, 0) is 52.2 Å². The lowest BCUT2D eigenvalue weighted by molar-refractivity contribution is -0.124. The fraction of sp³-hybridized carbons (Fsp3) is 0.923. The molecular formula is C13H27N3O2. The van der Waals surface area contributed by atoms with Gasteiger partial charge in [-0.1, -0.05) is 0 Å². The summed E-state index contributed by atoms with van der Waals surface area (Å²) in [6.07, 6.45) is 3.12. The predicted molar refractivity (Wildman–Crippen MR) is 72.3 cm³/mol. The molecule has 0 aromatic rings. The third-order valence-corrected chi connectivity index (χ3v) is 4.13. The Morgan fingerprint density at radius 3 is 2.56 bits per heavy atom. The average molecular weight is 257 g/mol. The third-order valence-electron chi connectivity index (χ3n) is 4.13. The van der Waals surface area contributed by atoms with Gasteiger partial charge in [0.2, 0.25) is 5.91 Å². The Hall–Kier alpha value is -0.650. The van der Waals surface area contributed by atoms with E-state index in [9.17, 15) is 4.79 Å². The minimum absolute atomic E-state index is 0.278. The first-order chi connectivity index (χ1) is 8.51. The van der Waals surface area contributed by atoms with Crippen LogP contribution in [0, 0.1) is 5.92 Å². The Balaban J connectivity index is 2.31. The first kappa shape index (κ1) is 15.4. The number of piperidine rings is 1. The zero-order valence-electron chi connectivity index (χ0n) is 11.9. The van der Waals surface area contributed by atoms with Gasteiger partial charge in [0.1, 0.15) is 0 Å². The molecule has 1 unspecified atom stereocenters. The van der Waals surface area contributed by atoms with Crippen molar-refractivity contribution in [3.05, 3.63) is 0 Å². The maximum atomic E-state index is 11.4. The Bertz CT molecular complexity index is 265. The summed E-state index contributed by atoms with van der Waals surface area (Å²) >= 11 is 0. The maximum Gasteiger partial charge on any atom is 0.237 e. The zero-order valence-corrected chi connectivity index (χ0v) is 11.9. The summed E-state index contributed by atoms with van der Waals surface area (Å²) in [6, 6.07) is 0. The molecule has 1 amide bonds. The number of nitrogens with zero attached hydrogens (tertiary/aromatic N) is 1. The van der Waals surface area contributed by atoms with Gasteiger partial charge in [0.15, 0.2) is 0 Å². The van der Waals surface area contributed by atoms with E-state index in [-0.39, 0.29) is 5.91 Å². The molecule has 0 bridgehead atoms. The van der Waals surface area contributed by atoms with Gasteiger partial charge < -0.3 is 20.7 Å². The summed E-state index contributed by atoms with van der Waals surface area (Å²) in [6.45, 7) is 5.83. The van der Waals surface area contributed by atoms with E-state index in [2.05, 4.69) is 10.2 Å². The average Bonchev–Trinajstić information content (AvgIpc) is 2.37. The molecule has 5 heteroatoms. The zero-order chi connectivity index (χ0) is 13.6. The summed E-state index contributed by atoms with van der Waals surface area (Å²) in [5.74, 6) is 0.414. The number of hydrogen-bond donors (Lipinski definition) is 2. The lowest BCUT2D eigenvalue weighted by Gasteiger charge is -2.34. The molecule has 1 fully saturated rings. The molecule has 106 valence electrons. The van der Waals surface area contributed by atoms with E-state index in [1.54, 1.807) is 14.2 Å². The van der Waals surface area contributed by atoms with Crippen LogP contribution in [0.3, 0.4) is 0 Å². The van der Waals surface area contributed by atoms with Crippen molar-refractivity contribution in [3.8, 4) is 0 Å². The van der Waals surface area contributed by atoms with Gasteiger partial charge in [-0.2, -0.15) is 0 Å². The first-order valence-corrected chi connectivity index (χ1v) is 6.72. The van der Waals surface area contributed by atoms with Gasteiger partial charge >= 0.3 is 0 Å². The maximum absolute atomic E-state index is 11.4. The van der Waals surface area contributed by atoms with Crippen LogP contribution in [0.4, 0.5) is 0 Å². The van der Waals surface area contributed by atoms with Crippen molar-refractivity contribution in [2.24, 2.45) is 11.7 Å². The van der Waals surface area contributed by atoms with E-state index in [4.69, 9.17) is 10.5 Å². The van der Waals surface area contributed by atoms with E-state index in [0.29, 0.717) is 5.92 Å². The summed E-state index contributed by atoms with van der Waals surface area (Å²) in [5, 5.41) is 3.03. The topological polar surface area (TPSA) is 67.6 Å². The second-order valence-corrected chi connectivity index (χ2v) is 5.44. The quantitative estimate of drug-likeness (QED) is 0.683. The number of carbonyl (C=O) groups excluding carboxylic acids is 1. The number of carbonyl (C=O) groups is 1. The third kappa shape index (κ3) is 4.23. The predicted octanol–water partition coefficient (Wildman–Crippen LogP) is 0.198. The summed E-state index contributed by atoms with van der Waals surface area (Å²) < 4.78 is 5.19. The minimum Gasteiger partial charge on any atom is -0.384 e. The number of rotatable bonds is 7. The Morgan fingerprint density at radius 1 is 1.50 bits per heavy atom. The largest absolute Gasteiger partial charge is 0.384 e. The fourth-order valence-corrected chi connectivity index (χ4v) is 2.37.